The summed E-state index contributed by atoms with van der Waals surface area (Å²) < 4.78 is 0. The second kappa shape index (κ2) is 6.25. The minimum Gasteiger partial charge on any atom is -0.481 e. The number of likely N-dealkylation sites (tertiary alicyclic amines) is 1. The molecular weight excluding hydrogens is 238 g/mol. The Labute approximate surface area is 117 Å². The summed E-state index contributed by atoms with van der Waals surface area (Å²) in [5, 5.41) is 9.68. The fraction of sp³-hybridized carbons (Fsp3) is 0.938. The van der Waals surface area contributed by atoms with E-state index < -0.39 is 11.4 Å². The fourth-order valence-corrected chi connectivity index (χ4v) is 4.25. The zero-order valence-corrected chi connectivity index (χ0v) is 12.5. The summed E-state index contributed by atoms with van der Waals surface area (Å²) in [6.07, 6.45) is 8.98. The van der Waals surface area contributed by atoms with Crippen LogP contribution in [-0.4, -0.2) is 35.1 Å². The van der Waals surface area contributed by atoms with E-state index in [2.05, 4.69) is 18.7 Å². The summed E-state index contributed by atoms with van der Waals surface area (Å²) in [6.45, 7) is 6.34. The van der Waals surface area contributed by atoms with Crippen LogP contribution >= 0.6 is 0 Å². The summed E-state index contributed by atoms with van der Waals surface area (Å²) in [4.78, 5) is 14.3. The molecule has 0 radical (unpaired) electrons. The molecule has 0 aromatic heterocycles. The zero-order valence-electron chi connectivity index (χ0n) is 12.5. The second-order valence-electron chi connectivity index (χ2n) is 6.74. The Kier molecular flexibility index (Phi) is 4.88. The first-order valence-electron chi connectivity index (χ1n) is 8.06. The van der Waals surface area contributed by atoms with Crippen LogP contribution in [0.25, 0.3) is 0 Å². The Bertz CT molecular complexity index is 314. The van der Waals surface area contributed by atoms with Crippen LogP contribution in [0.3, 0.4) is 0 Å². The Morgan fingerprint density at radius 1 is 1.32 bits per heavy atom. The van der Waals surface area contributed by atoms with Crippen molar-refractivity contribution in [1.29, 1.82) is 0 Å². The lowest BCUT2D eigenvalue weighted by Crippen LogP contribution is -2.53. The molecule has 1 saturated carbocycles. The van der Waals surface area contributed by atoms with Gasteiger partial charge in [0.1, 0.15) is 0 Å². The quantitative estimate of drug-likeness (QED) is 0.847. The van der Waals surface area contributed by atoms with Crippen molar-refractivity contribution in [2.45, 2.75) is 71.3 Å². The Balaban J connectivity index is 2.08. The smallest absolute Gasteiger partial charge is 0.310 e. The summed E-state index contributed by atoms with van der Waals surface area (Å²) in [7, 11) is 0. The normalized spacial score (nSPS) is 37.2. The monoisotopic (exact) mass is 267 g/mol. The first-order valence-corrected chi connectivity index (χ1v) is 8.06. The van der Waals surface area contributed by atoms with Gasteiger partial charge in [0.05, 0.1) is 5.41 Å². The predicted octanol–water partition coefficient (Wildman–Crippen LogP) is 3.53. The lowest BCUT2D eigenvalue weighted by Gasteiger charge is -2.46. The van der Waals surface area contributed by atoms with Gasteiger partial charge in [-0.3, -0.25) is 9.69 Å². The van der Waals surface area contributed by atoms with Crippen molar-refractivity contribution in [2.24, 2.45) is 11.3 Å². The van der Waals surface area contributed by atoms with Crippen molar-refractivity contribution < 1.29 is 9.90 Å². The molecule has 0 amide bonds. The summed E-state index contributed by atoms with van der Waals surface area (Å²) in [5.41, 5.74) is -0.468. The van der Waals surface area contributed by atoms with Crippen LogP contribution in [0.2, 0.25) is 0 Å². The standard InChI is InChI=1S/C16H29NO2/c1-3-9-16(15(18)19)10-6-11-17(12-16)14-8-5-4-7-13(14)2/h13-14H,3-12H2,1-2H3,(H,18,19). The summed E-state index contributed by atoms with van der Waals surface area (Å²) >= 11 is 0. The van der Waals surface area contributed by atoms with E-state index in [0.29, 0.717) is 6.04 Å². The van der Waals surface area contributed by atoms with Crippen LogP contribution in [-0.2, 0) is 4.79 Å². The average molecular weight is 267 g/mol. The highest BCUT2D eigenvalue weighted by Gasteiger charge is 2.43. The van der Waals surface area contributed by atoms with Crippen molar-refractivity contribution in [3.63, 3.8) is 0 Å². The van der Waals surface area contributed by atoms with Crippen molar-refractivity contribution in [3.8, 4) is 0 Å². The number of aliphatic carboxylic acids is 1. The van der Waals surface area contributed by atoms with Gasteiger partial charge in [-0.05, 0) is 44.6 Å². The number of nitrogens with zero attached hydrogens (tertiary/aromatic N) is 1. The van der Waals surface area contributed by atoms with E-state index in [1.807, 2.05) is 0 Å². The minimum absolute atomic E-state index is 0.468. The zero-order chi connectivity index (χ0) is 13.9. The van der Waals surface area contributed by atoms with Gasteiger partial charge >= 0.3 is 5.97 Å². The molecule has 1 heterocycles. The lowest BCUT2D eigenvalue weighted by atomic mass is 9.74. The topological polar surface area (TPSA) is 40.5 Å². The van der Waals surface area contributed by atoms with Crippen LogP contribution in [0, 0.1) is 11.3 Å². The summed E-state index contributed by atoms with van der Waals surface area (Å²) in [5.74, 6) is 0.169. The van der Waals surface area contributed by atoms with E-state index in [4.69, 9.17) is 0 Å². The van der Waals surface area contributed by atoms with Crippen LogP contribution in [0.1, 0.15) is 65.2 Å². The predicted molar refractivity (Wildman–Crippen MR) is 77.2 cm³/mol. The number of carbonyl (C=O) groups is 1. The van der Waals surface area contributed by atoms with Gasteiger partial charge in [0.2, 0.25) is 0 Å². The second-order valence-corrected chi connectivity index (χ2v) is 6.74. The molecule has 1 N–H and O–H groups in total. The van der Waals surface area contributed by atoms with E-state index >= 15 is 0 Å². The van der Waals surface area contributed by atoms with Gasteiger partial charge in [-0.2, -0.15) is 0 Å². The van der Waals surface area contributed by atoms with Crippen LogP contribution < -0.4 is 0 Å². The van der Waals surface area contributed by atoms with E-state index in [1.54, 1.807) is 0 Å². The molecule has 0 aromatic rings. The number of hydrogen-bond donors (Lipinski definition) is 1. The number of carboxylic acid groups (broad SMARTS) is 1. The largest absolute Gasteiger partial charge is 0.481 e. The van der Waals surface area contributed by atoms with Gasteiger partial charge in [-0.15, -0.1) is 0 Å². The third kappa shape index (κ3) is 3.13. The van der Waals surface area contributed by atoms with Crippen LogP contribution in [0.4, 0.5) is 0 Å². The molecule has 2 rings (SSSR count). The highest BCUT2D eigenvalue weighted by Crippen LogP contribution is 2.38. The van der Waals surface area contributed by atoms with E-state index in [9.17, 15) is 9.90 Å². The maximum Gasteiger partial charge on any atom is 0.310 e. The molecule has 1 aliphatic carbocycles. The van der Waals surface area contributed by atoms with Crippen molar-refractivity contribution in [2.75, 3.05) is 13.1 Å². The lowest BCUT2D eigenvalue weighted by molar-refractivity contribution is -0.154. The first kappa shape index (κ1) is 14.8. The molecular formula is C16H29NO2. The third-order valence-electron chi connectivity index (χ3n) is 5.32. The van der Waals surface area contributed by atoms with Crippen molar-refractivity contribution in [1.82, 2.24) is 4.90 Å². The first-order chi connectivity index (χ1) is 9.09. The molecule has 0 aromatic carbocycles. The number of hydrogen-bond acceptors (Lipinski definition) is 2. The highest BCUT2D eigenvalue weighted by molar-refractivity contribution is 5.75. The fourth-order valence-electron chi connectivity index (χ4n) is 4.25. The molecule has 0 spiro atoms. The van der Waals surface area contributed by atoms with Gasteiger partial charge in [0, 0.05) is 12.6 Å². The van der Waals surface area contributed by atoms with E-state index in [1.165, 1.54) is 25.7 Å². The number of piperidine rings is 1. The van der Waals surface area contributed by atoms with Gasteiger partial charge in [0.15, 0.2) is 0 Å². The molecule has 3 nitrogen and oxygen atoms in total. The molecule has 2 fully saturated rings. The number of rotatable bonds is 4. The number of carboxylic acids is 1. The Hall–Kier alpha value is -0.570. The van der Waals surface area contributed by atoms with Gasteiger partial charge < -0.3 is 5.11 Å². The van der Waals surface area contributed by atoms with Crippen LogP contribution in [0.5, 0.6) is 0 Å². The molecule has 1 aliphatic heterocycles. The SMILES string of the molecule is CCCC1(C(=O)O)CCCN(C2CCCCC2C)C1. The molecule has 110 valence electrons. The Morgan fingerprint density at radius 3 is 2.68 bits per heavy atom. The third-order valence-corrected chi connectivity index (χ3v) is 5.32. The highest BCUT2D eigenvalue weighted by atomic mass is 16.4. The average Bonchev–Trinajstić information content (AvgIpc) is 2.39. The maximum absolute atomic E-state index is 11.7. The molecule has 1 saturated heterocycles. The molecule has 2 aliphatic rings. The molecule has 19 heavy (non-hydrogen) atoms. The molecule has 3 heteroatoms. The Morgan fingerprint density at radius 2 is 2.05 bits per heavy atom. The maximum atomic E-state index is 11.7. The van der Waals surface area contributed by atoms with Gasteiger partial charge in [0.25, 0.3) is 0 Å². The van der Waals surface area contributed by atoms with E-state index in [0.717, 1.165) is 44.7 Å². The molecule has 3 atom stereocenters. The van der Waals surface area contributed by atoms with Gasteiger partial charge in [-0.1, -0.05) is 33.1 Å². The van der Waals surface area contributed by atoms with Crippen molar-refractivity contribution >= 4 is 5.97 Å². The minimum atomic E-state index is -0.567. The summed E-state index contributed by atoms with van der Waals surface area (Å²) in [6, 6.07) is 0.629. The molecule has 0 bridgehead atoms. The van der Waals surface area contributed by atoms with Crippen LogP contribution in [0.15, 0.2) is 0 Å². The van der Waals surface area contributed by atoms with E-state index in [-0.39, 0.29) is 0 Å². The van der Waals surface area contributed by atoms with Gasteiger partial charge in [-0.25, -0.2) is 0 Å². The molecule has 3 unspecified atom stereocenters. The van der Waals surface area contributed by atoms with Crippen molar-refractivity contribution in [3.05, 3.63) is 0 Å².